The van der Waals surface area contributed by atoms with Crippen LogP contribution in [0.3, 0.4) is 0 Å². The van der Waals surface area contributed by atoms with Gasteiger partial charge in [0.05, 0.1) is 13.2 Å². The van der Waals surface area contributed by atoms with Crippen molar-refractivity contribution in [2.45, 2.75) is 31.7 Å². The van der Waals surface area contributed by atoms with Crippen LogP contribution in [-0.4, -0.2) is 42.7 Å². The van der Waals surface area contributed by atoms with Crippen LogP contribution < -0.4 is 10.1 Å². The lowest BCUT2D eigenvalue weighted by Crippen LogP contribution is -2.49. The summed E-state index contributed by atoms with van der Waals surface area (Å²) in [5.74, 6) is 1.69. The van der Waals surface area contributed by atoms with Crippen LogP contribution in [0.5, 0.6) is 5.75 Å². The highest BCUT2D eigenvalue weighted by Gasteiger charge is 2.33. The quantitative estimate of drug-likeness (QED) is 0.928. The highest BCUT2D eigenvalue weighted by Crippen LogP contribution is 2.29. The van der Waals surface area contributed by atoms with Gasteiger partial charge in [-0.1, -0.05) is 17.3 Å². The zero-order valence-electron chi connectivity index (χ0n) is 14.5. The topological polar surface area (TPSA) is 67.6 Å². The molecule has 2 heterocycles. The Balaban J connectivity index is 1.62. The second-order valence-corrected chi connectivity index (χ2v) is 6.63. The molecule has 132 valence electrons. The first kappa shape index (κ1) is 16.1. The van der Waals surface area contributed by atoms with Crippen LogP contribution in [0.1, 0.15) is 46.3 Å². The lowest BCUT2D eigenvalue weighted by molar-refractivity contribution is 0.0622. The average molecular weight is 341 g/mol. The molecule has 0 radical (unpaired) electrons. The molecule has 1 aliphatic heterocycles. The van der Waals surface area contributed by atoms with Gasteiger partial charge in [0.25, 0.3) is 5.91 Å². The molecule has 25 heavy (non-hydrogen) atoms. The predicted molar refractivity (Wildman–Crippen MR) is 92.8 cm³/mol. The number of benzene rings is 1. The van der Waals surface area contributed by atoms with Crippen LogP contribution in [0.4, 0.5) is 0 Å². The second kappa shape index (κ2) is 6.88. The number of aryl methyl sites for hydroxylation is 1. The number of carbonyl (C=O) groups excluding carboxylic acids is 1. The molecule has 0 saturated carbocycles. The zero-order chi connectivity index (χ0) is 17.2. The third-order valence-electron chi connectivity index (χ3n) is 5.16. The number of ether oxygens (including phenoxy) is 1. The van der Waals surface area contributed by atoms with Crippen LogP contribution in [-0.2, 0) is 12.8 Å². The number of carbonyl (C=O) groups is 1. The molecule has 0 bridgehead atoms. The first-order valence-electron chi connectivity index (χ1n) is 8.91. The number of nitrogens with zero attached hydrogens (tertiary/aromatic N) is 2. The molecular weight excluding hydrogens is 318 g/mol. The van der Waals surface area contributed by atoms with Crippen molar-refractivity contribution in [2.75, 3.05) is 26.7 Å². The highest BCUT2D eigenvalue weighted by atomic mass is 16.5. The fourth-order valence-electron chi connectivity index (χ4n) is 3.76. The van der Waals surface area contributed by atoms with E-state index in [1.54, 1.807) is 7.11 Å². The summed E-state index contributed by atoms with van der Waals surface area (Å²) in [6.45, 7) is 2.19. The van der Waals surface area contributed by atoms with Crippen molar-refractivity contribution in [1.82, 2.24) is 15.4 Å². The van der Waals surface area contributed by atoms with Crippen molar-refractivity contribution in [3.63, 3.8) is 0 Å². The monoisotopic (exact) mass is 341 g/mol. The lowest BCUT2D eigenvalue weighted by atomic mass is 9.95. The van der Waals surface area contributed by atoms with E-state index in [0.29, 0.717) is 12.2 Å². The van der Waals surface area contributed by atoms with Crippen LogP contribution in [0, 0.1) is 0 Å². The van der Waals surface area contributed by atoms with Gasteiger partial charge in [-0.3, -0.25) is 4.79 Å². The minimum absolute atomic E-state index is 0.0110. The molecule has 1 aromatic carbocycles. The SMILES string of the molecule is COc1ccc(C2CNCCN2C(=O)c2noc3c2CCCC3)cc1. The molecule has 1 aliphatic carbocycles. The maximum Gasteiger partial charge on any atom is 0.276 e. The molecule has 4 rings (SSSR count). The van der Waals surface area contributed by atoms with Crippen molar-refractivity contribution in [3.05, 3.63) is 46.8 Å². The van der Waals surface area contributed by atoms with E-state index in [2.05, 4.69) is 10.5 Å². The average Bonchev–Trinajstić information content (AvgIpc) is 3.12. The molecule has 6 nitrogen and oxygen atoms in total. The van der Waals surface area contributed by atoms with Crippen LogP contribution in [0.15, 0.2) is 28.8 Å². The summed E-state index contributed by atoms with van der Waals surface area (Å²) in [5.41, 5.74) is 2.62. The van der Waals surface area contributed by atoms with Crippen LogP contribution in [0.2, 0.25) is 0 Å². The van der Waals surface area contributed by atoms with Gasteiger partial charge in [-0.25, -0.2) is 0 Å². The van der Waals surface area contributed by atoms with Gasteiger partial charge >= 0.3 is 0 Å². The largest absolute Gasteiger partial charge is 0.497 e. The molecule has 2 aromatic rings. The molecule has 1 N–H and O–H groups in total. The minimum Gasteiger partial charge on any atom is -0.497 e. The third-order valence-corrected chi connectivity index (χ3v) is 5.16. The molecule has 0 spiro atoms. The first-order valence-corrected chi connectivity index (χ1v) is 8.91. The van der Waals surface area contributed by atoms with Gasteiger partial charge in [0.1, 0.15) is 11.5 Å². The number of hydrogen-bond acceptors (Lipinski definition) is 5. The van der Waals surface area contributed by atoms with Crippen molar-refractivity contribution >= 4 is 5.91 Å². The second-order valence-electron chi connectivity index (χ2n) is 6.63. The van der Waals surface area contributed by atoms with Gasteiger partial charge in [0.2, 0.25) is 0 Å². The van der Waals surface area contributed by atoms with E-state index in [1.165, 1.54) is 0 Å². The molecule has 1 fully saturated rings. The Bertz CT molecular complexity index is 754. The summed E-state index contributed by atoms with van der Waals surface area (Å²) in [5, 5.41) is 7.51. The van der Waals surface area contributed by atoms with E-state index in [4.69, 9.17) is 9.26 Å². The highest BCUT2D eigenvalue weighted by molar-refractivity contribution is 5.94. The van der Waals surface area contributed by atoms with Crippen molar-refractivity contribution in [2.24, 2.45) is 0 Å². The standard InChI is InChI=1S/C19H23N3O3/c1-24-14-8-6-13(7-9-14)16-12-20-10-11-22(16)19(23)18-15-4-2-3-5-17(15)25-21-18/h6-9,16,20H,2-5,10-12H2,1H3. The number of nitrogens with one attached hydrogen (secondary N) is 1. The maximum absolute atomic E-state index is 13.2. The smallest absolute Gasteiger partial charge is 0.276 e. The fraction of sp³-hybridized carbons (Fsp3) is 0.474. The number of aromatic nitrogens is 1. The number of methoxy groups -OCH3 is 1. The van der Waals surface area contributed by atoms with Crippen molar-refractivity contribution in [3.8, 4) is 5.75 Å². The molecule has 1 aromatic heterocycles. The number of fused-ring (bicyclic) bond motifs is 1. The Labute approximate surface area is 147 Å². The summed E-state index contributed by atoms with van der Waals surface area (Å²) in [7, 11) is 1.65. The lowest BCUT2D eigenvalue weighted by Gasteiger charge is -2.36. The van der Waals surface area contributed by atoms with E-state index in [-0.39, 0.29) is 11.9 Å². The fourth-order valence-corrected chi connectivity index (χ4v) is 3.76. The molecule has 1 saturated heterocycles. The maximum atomic E-state index is 13.2. The summed E-state index contributed by atoms with van der Waals surface area (Å²) in [6, 6.07) is 7.90. The number of piperazine rings is 1. The Morgan fingerprint density at radius 3 is 2.88 bits per heavy atom. The van der Waals surface area contributed by atoms with E-state index in [0.717, 1.165) is 61.4 Å². The molecule has 1 unspecified atom stereocenters. The summed E-state index contributed by atoms with van der Waals surface area (Å²) >= 11 is 0. The van der Waals surface area contributed by atoms with E-state index < -0.39 is 0 Å². The Hall–Kier alpha value is -2.34. The van der Waals surface area contributed by atoms with Crippen molar-refractivity contribution < 1.29 is 14.1 Å². The Morgan fingerprint density at radius 1 is 1.28 bits per heavy atom. The number of amides is 1. The minimum atomic E-state index is -0.0192. The predicted octanol–water partition coefficient (Wildman–Crippen LogP) is 2.35. The number of hydrogen-bond donors (Lipinski definition) is 1. The summed E-state index contributed by atoms with van der Waals surface area (Å²) in [4.78, 5) is 15.1. The zero-order valence-corrected chi connectivity index (χ0v) is 14.5. The van der Waals surface area contributed by atoms with Gasteiger partial charge < -0.3 is 19.5 Å². The van der Waals surface area contributed by atoms with Gasteiger partial charge in [-0.05, 0) is 37.0 Å². The van der Waals surface area contributed by atoms with Gasteiger partial charge in [-0.15, -0.1) is 0 Å². The first-order chi connectivity index (χ1) is 12.3. The summed E-state index contributed by atoms with van der Waals surface area (Å²) < 4.78 is 10.7. The third kappa shape index (κ3) is 3.02. The van der Waals surface area contributed by atoms with Crippen LogP contribution >= 0.6 is 0 Å². The van der Waals surface area contributed by atoms with Gasteiger partial charge in [0.15, 0.2) is 5.69 Å². The Morgan fingerprint density at radius 2 is 2.08 bits per heavy atom. The molecular formula is C19H23N3O3. The van der Waals surface area contributed by atoms with Gasteiger partial charge in [0, 0.05) is 31.6 Å². The molecule has 1 atom stereocenters. The molecule has 6 heteroatoms. The van der Waals surface area contributed by atoms with Crippen LogP contribution in [0.25, 0.3) is 0 Å². The number of rotatable bonds is 3. The van der Waals surface area contributed by atoms with E-state index >= 15 is 0 Å². The Kier molecular flexibility index (Phi) is 4.44. The van der Waals surface area contributed by atoms with E-state index in [9.17, 15) is 4.79 Å². The summed E-state index contributed by atoms with van der Waals surface area (Å²) in [6.07, 6.45) is 3.98. The molecule has 1 amide bonds. The van der Waals surface area contributed by atoms with Crippen molar-refractivity contribution in [1.29, 1.82) is 0 Å². The molecule has 2 aliphatic rings. The van der Waals surface area contributed by atoms with Gasteiger partial charge in [-0.2, -0.15) is 0 Å². The van der Waals surface area contributed by atoms with E-state index in [1.807, 2.05) is 29.2 Å². The normalized spacial score (nSPS) is 20.2.